The van der Waals surface area contributed by atoms with Gasteiger partial charge in [-0.05, 0) is 61.0 Å². The van der Waals surface area contributed by atoms with E-state index in [2.05, 4.69) is 10.5 Å². The lowest BCUT2D eigenvalue weighted by Gasteiger charge is -2.07. The number of hydrogen-bond acceptors (Lipinski definition) is 3. The van der Waals surface area contributed by atoms with Crippen molar-refractivity contribution in [2.45, 2.75) is 13.5 Å². The second-order valence-electron chi connectivity index (χ2n) is 6.49. The van der Waals surface area contributed by atoms with Gasteiger partial charge < -0.3 is 4.74 Å². The summed E-state index contributed by atoms with van der Waals surface area (Å²) in [5.74, 6) is -0.0177. The number of ether oxygens (including phenoxy) is 1. The number of amides is 1. The molecular weight excluding hydrogens is 403 g/mol. The van der Waals surface area contributed by atoms with E-state index in [-0.39, 0.29) is 11.7 Å². The zero-order valence-corrected chi connectivity index (χ0v) is 17.1. The topological polar surface area (TPSA) is 50.7 Å². The highest BCUT2D eigenvalue weighted by Gasteiger charge is 2.05. The van der Waals surface area contributed by atoms with E-state index in [1.807, 2.05) is 24.3 Å². The van der Waals surface area contributed by atoms with Crippen molar-refractivity contribution in [3.63, 3.8) is 0 Å². The highest BCUT2D eigenvalue weighted by molar-refractivity contribution is 6.30. The average molecular weight is 423 g/mol. The first-order valence-corrected chi connectivity index (χ1v) is 9.63. The summed E-state index contributed by atoms with van der Waals surface area (Å²) in [6, 6.07) is 20.6. The van der Waals surface area contributed by atoms with Crippen LogP contribution in [-0.4, -0.2) is 11.6 Å². The quantitative estimate of drug-likeness (QED) is 0.382. The predicted octanol–water partition coefficient (Wildman–Crippen LogP) is 5.88. The molecule has 1 amide bonds. The average Bonchev–Trinajstić information content (AvgIpc) is 2.77. The number of halogens is 2. The molecule has 0 radical (unpaired) electrons. The summed E-state index contributed by atoms with van der Waals surface area (Å²) in [6.45, 7) is 2.12. The normalized spacial score (nSPS) is 11.5. The molecule has 3 rings (SSSR count). The maximum absolute atomic E-state index is 13.6. The number of carbonyl (C=O) groups is 1. The van der Waals surface area contributed by atoms with E-state index in [1.165, 1.54) is 6.07 Å². The van der Waals surface area contributed by atoms with E-state index < -0.39 is 0 Å². The molecule has 0 fully saturated rings. The molecule has 0 unspecified atom stereocenters. The van der Waals surface area contributed by atoms with Crippen molar-refractivity contribution in [3.05, 3.63) is 106 Å². The zero-order chi connectivity index (χ0) is 21.3. The van der Waals surface area contributed by atoms with Gasteiger partial charge in [-0.15, -0.1) is 0 Å². The first-order valence-electron chi connectivity index (χ1n) is 9.26. The highest BCUT2D eigenvalue weighted by Crippen LogP contribution is 2.16. The second kappa shape index (κ2) is 10.4. The Morgan fingerprint density at radius 1 is 1.07 bits per heavy atom. The van der Waals surface area contributed by atoms with E-state index in [4.69, 9.17) is 16.3 Å². The summed E-state index contributed by atoms with van der Waals surface area (Å²) < 4.78 is 19.3. The number of nitrogens with zero attached hydrogens (tertiary/aromatic N) is 1. The molecular formula is C24H20ClFN2O2. The Morgan fingerprint density at radius 2 is 1.77 bits per heavy atom. The minimum atomic E-state index is -0.349. The molecule has 3 aromatic rings. The van der Waals surface area contributed by atoms with E-state index in [1.54, 1.807) is 61.5 Å². The molecule has 0 aliphatic carbocycles. The Kier molecular flexibility index (Phi) is 7.35. The third-order valence-corrected chi connectivity index (χ3v) is 4.43. The van der Waals surface area contributed by atoms with Gasteiger partial charge in [0.2, 0.25) is 0 Å². The lowest BCUT2D eigenvalue weighted by molar-refractivity contribution is 0.0955. The van der Waals surface area contributed by atoms with E-state index in [0.29, 0.717) is 34.2 Å². The van der Waals surface area contributed by atoms with Crippen molar-refractivity contribution < 1.29 is 13.9 Å². The Balaban J connectivity index is 1.53. The molecule has 0 heterocycles. The summed E-state index contributed by atoms with van der Waals surface area (Å²) >= 11 is 5.87. The van der Waals surface area contributed by atoms with Crippen LogP contribution in [0.15, 0.2) is 84.0 Å². The van der Waals surface area contributed by atoms with Crippen LogP contribution in [0.4, 0.5) is 4.39 Å². The Labute approximate surface area is 179 Å². The molecule has 0 atom stereocenters. The van der Waals surface area contributed by atoms with Gasteiger partial charge in [-0.1, -0.05) is 48.0 Å². The number of allylic oxidation sites excluding steroid dienone is 1. The van der Waals surface area contributed by atoms with Crippen LogP contribution < -0.4 is 10.2 Å². The molecule has 30 heavy (non-hydrogen) atoms. The standard InChI is InChI=1S/C24H20ClFN2O2/c1-17(6-9-19-4-2-3-5-23(19)26)27-28-24(29)20-10-14-22(15-11-20)30-16-18-7-12-21(25)13-8-18/h2-15H,16H2,1H3,(H,28,29)/b9-6+,27-17+. The molecule has 0 bridgehead atoms. The molecule has 0 saturated carbocycles. The maximum atomic E-state index is 13.6. The molecule has 6 heteroatoms. The van der Waals surface area contributed by atoms with Gasteiger partial charge in [0.25, 0.3) is 5.91 Å². The summed E-state index contributed by atoms with van der Waals surface area (Å²) in [7, 11) is 0. The lowest BCUT2D eigenvalue weighted by Crippen LogP contribution is -2.18. The molecule has 152 valence electrons. The van der Waals surface area contributed by atoms with Crippen LogP contribution in [0.5, 0.6) is 5.75 Å². The maximum Gasteiger partial charge on any atom is 0.271 e. The SMILES string of the molecule is CC(/C=C/c1ccccc1F)=N\NC(=O)c1ccc(OCc2ccc(Cl)cc2)cc1. The van der Waals surface area contributed by atoms with Gasteiger partial charge in [0.1, 0.15) is 18.2 Å². The van der Waals surface area contributed by atoms with E-state index >= 15 is 0 Å². The molecule has 0 saturated heterocycles. The van der Waals surface area contributed by atoms with Gasteiger partial charge in [0, 0.05) is 16.1 Å². The van der Waals surface area contributed by atoms with Crippen molar-refractivity contribution in [2.24, 2.45) is 5.10 Å². The van der Waals surface area contributed by atoms with Crippen LogP contribution >= 0.6 is 11.6 Å². The van der Waals surface area contributed by atoms with Crippen LogP contribution in [-0.2, 0) is 6.61 Å². The van der Waals surface area contributed by atoms with Crippen LogP contribution in [0.25, 0.3) is 6.08 Å². The van der Waals surface area contributed by atoms with Gasteiger partial charge in [-0.25, -0.2) is 9.82 Å². The van der Waals surface area contributed by atoms with Gasteiger partial charge in [0.05, 0.1) is 5.71 Å². The lowest BCUT2D eigenvalue weighted by atomic mass is 10.2. The molecule has 4 nitrogen and oxygen atoms in total. The molecule has 3 aromatic carbocycles. The fourth-order valence-electron chi connectivity index (χ4n) is 2.51. The molecule has 1 N–H and O–H groups in total. The first-order chi connectivity index (χ1) is 14.5. The fraction of sp³-hybridized carbons (Fsp3) is 0.0833. The van der Waals surface area contributed by atoms with Crippen molar-refractivity contribution >= 4 is 29.3 Å². The number of benzene rings is 3. The Morgan fingerprint density at radius 3 is 2.47 bits per heavy atom. The minimum Gasteiger partial charge on any atom is -0.489 e. The number of nitrogens with one attached hydrogen (secondary N) is 1. The second-order valence-corrected chi connectivity index (χ2v) is 6.92. The van der Waals surface area contributed by atoms with Crippen molar-refractivity contribution in [1.29, 1.82) is 0 Å². The van der Waals surface area contributed by atoms with Crippen LogP contribution in [0, 0.1) is 5.82 Å². The molecule has 0 aromatic heterocycles. The van der Waals surface area contributed by atoms with Gasteiger partial charge in [-0.3, -0.25) is 4.79 Å². The Hall–Kier alpha value is -3.44. The number of rotatable bonds is 7. The van der Waals surface area contributed by atoms with Crippen molar-refractivity contribution in [3.8, 4) is 5.75 Å². The summed E-state index contributed by atoms with van der Waals surface area (Å²) in [5, 5.41) is 4.69. The zero-order valence-electron chi connectivity index (χ0n) is 16.3. The van der Waals surface area contributed by atoms with E-state index in [9.17, 15) is 9.18 Å². The summed E-state index contributed by atoms with van der Waals surface area (Å²) in [6.07, 6.45) is 3.24. The molecule has 0 aliphatic rings. The minimum absolute atomic E-state index is 0.316. The highest BCUT2D eigenvalue weighted by atomic mass is 35.5. The van der Waals surface area contributed by atoms with Crippen LogP contribution in [0.1, 0.15) is 28.4 Å². The molecule has 0 aliphatic heterocycles. The first kappa shape index (κ1) is 21.3. The summed E-state index contributed by atoms with van der Waals surface area (Å²) in [4.78, 5) is 12.2. The van der Waals surface area contributed by atoms with Crippen LogP contribution in [0.3, 0.4) is 0 Å². The smallest absolute Gasteiger partial charge is 0.271 e. The summed E-state index contributed by atoms with van der Waals surface area (Å²) in [5.41, 5.74) is 4.91. The van der Waals surface area contributed by atoms with E-state index in [0.717, 1.165) is 5.56 Å². The predicted molar refractivity (Wildman–Crippen MR) is 118 cm³/mol. The monoisotopic (exact) mass is 422 g/mol. The third kappa shape index (κ3) is 6.29. The van der Waals surface area contributed by atoms with Crippen molar-refractivity contribution in [1.82, 2.24) is 5.43 Å². The van der Waals surface area contributed by atoms with Gasteiger partial charge >= 0.3 is 0 Å². The Bertz CT molecular complexity index is 1060. The largest absolute Gasteiger partial charge is 0.489 e. The van der Waals surface area contributed by atoms with Gasteiger partial charge in [-0.2, -0.15) is 5.10 Å². The fourth-order valence-corrected chi connectivity index (χ4v) is 2.64. The number of hydrazone groups is 1. The number of carbonyl (C=O) groups excluding carboxylic acids is 1. The third-order valence-electron chi connectivity index (χ3n) is 4.18. The van der Waals surface area contributed by atoms with Crippen molar-refractivity contribution in [2.75, 3.05) is 0 Å². The number of hydrogen-bond donors (Lipinski definition) is 1. The van der Waals surface area contributed by atoms with Crippen LogP contribution in [0.2, 0.25) is 5.02 Å². The molecule has 0 spiro atoms. The van der Waals surface area contributed by atoms with Gasteiger partial charge in [0.15, 0.2) is 0 Å².